The van der Waals surface area contributed by atoms with Crippen molar-refractivity contribution in [2.24, 2.45) is 0 Å². The summed E-state index contributed by atoms with van der Waals surface area (Å²) in [5, 5.41) is 8.07. The Kier molecular flexibility index (Phi) is 3.64. The average molecular weight is 147 g/mol. The minimum Gasteiger partial charge on any atom is -0.244 e. The number of halogens is 1. The quantitative estimate of drug-likeness (QED) is 0.570. The Morgan fingerprint density at radius 3 is 2.56 bits per heavy atom. The highest BCUT2D eigenvalue weighted by Gasteiger charge is 2.14. The van der Waals surface area contributed by atoms with Crippen molar-refractivity contribution in [2.45, 2.75) is 19.5 Å². The van der Waals surface area contributed by atoms with E-state index in [2.05, 4.69) is 0 Å². The predicted molar refractivity (Wildman–Crippen MR) is 38.1 cm³/mol. The van der Waals surface area contributed by atoms with Gasteiger partial charge in [0.05, 0.1) is 11.8 Å². The van der Waals surface area contributed by atoms with Crippen LogP contribution in [0, 0.1) is 11.3 Å². The molecule has 0 radical (unpaired) electrons. The minimum absolute atomic E-state index is 0.382. The van der Waals surface area contributed by atoms with Crippen LogP contribution in [0.4, 0.5) is 4.39 Å². The molecule has 0 aromatic heterocycles. The molecule has 52 valence electrons. The average Bonchev–Trinajstić information content (AvgIpc) is 1.63. The number of nitrogens with zero attached hydrogens (tertiary/aromatic N) is 1. The molecule has 0 aromatic carbocycles. The largest absolute Gasteiger partial charge is 0.244 e. The van der Waals surface area contributed by atoms with E-state index >= 15 is 0 Å². The molecule has 0 aromatic rings. The lowest BCUT2D eigenvalue weighted by atomic mass is 10.2. The summed E-state index contributed by atoms with van der Waals surface area (Å²) in [5.74, 6) is 0.786. The molecule has 0 heterocycles. The summed E-state index contributed by atoms with van der Waals surface area (Å²) in [6.45, 7) is 3.02. The van der Waals surface area contributed by atoms with Crippen LogP contribution >= 0.6 is 11.8 Å². The fourth-order valence-electron chi connectivity index (χ4n) is 0.339. The molecule has 0 rings (SSSR count). The van der Waals surface area contributed by atoms with Crippen LogP contribution in [-0.4, -0.2) is 17.2 Å². The molecule has 0 amide bonds. The zero-order valence-electron chi connectivity index (χ0n) is 5.65. The molecule has 0 bridgehead atoms. The number of rotatable bonds is 3. The number of alkyl halides is 1. The van der Waals surface area contributed by atoms with Crippen molar-refractivity contribution < 1.29 is 4.39 Å². The van der Waals surface area contributed by atoms with Crippen LogP contribution in [-0.2, 0) is 0 Å². The third-order valence-corrected chi connectivity index (χ3v) is 1.84. The Morgan fingerprint density at radius 1 is 1.67 bits per heavy atom. The highest BCUT2D eigenvalue weighted by molar-refractivity contribution is 7.99. The van der Waals surface area contributed by atoms with E-state index < -0.39 is 5.67 Å². The van der Waals surface area contributed by atoms with Gasteiger partial charge < -0.3 is 0 Å². The van der Waals surface area contributed by atoms with Gasteiger partial charge in [-0.1, -0.05) is 0 Å². The van der Waals surface area contributed by atoms with Gasteiger partial charge >= 0.3 is 0 Å². The maximum Gasteiger partial charge on any atom is 0.114 e. The summed E-state index contributed by atoms with van der Waals surface area (Å²) >= 11 is 1.32. The van der Waals surface area contributed by atoms with Gasteiger partial charge in [0.1, 0.15) is 5.67 Å². The zero-order valence-corrected chi connectivity index (χ0v) is 6.46. The van der Waals surface area contributed by atoms with Crippen LogP contribution in [0.2, 0.25) is 0 Å². The smallest absolute Gasteiger partial charge is 0.114 e. The van der Waals surface area contributed by atoms with Gasteiger partial charge in [-0.2, -0.15) is 5.26 Å². The van der Waals surface area contributed by atoms with Crippen molar-refractivity contribution in [3.05, 3.63) is 0 Å². The molecule has 0 N–H and O–H groups in total. The molecule has 0 aliphatic heterocycles. The van der Waals surface area contributed by atoms with E-state index in [4.69, 9.17) is 5.26 Å². The molecule has 0 aliphatic carbocycles. The molecule has 0 fully saturated rings. The Hall–Kier alpha value is -0.230. The Morgan fingerprint density at radius 2 is 2.22 bits per heavy atom. The minimum atomic E-state index is -1.14. The second kappa shape index (κ2) is 3.73. The molecule has 3 heteroatoms. The molecular formula is C6H10FNS. The van der Waals surface area contributed by atoms with Crippen LogP contribution in [0.15, 0.2) is 0 Å². The van der Waals surface area contributed by atoms with Crippen molar-refractivity contribution >= 4 is 11.8 Å². The van der Waals surface area contributed by atoms with E-state index in [1.807, 2.05) is 6.07 Å². The Labute approximate surface area is 59.2 Å². The van der Waals surface area contributed by atoms with Crippen molar-refractivity contribution in [2.75, 3.05) is 11.5 Å². The van der Waals surface area contributed by atoms with Crippen LogP contribution in [0.1, 0.15) is 13.8 Å². The third kappa shape index (κ3) is 7.77. The predicted octanol–water partition coefficient (Wildman–Crippen LogP) is 1.99. The number of nitriles is 1. The first-order valence-electron chi connectivity index (χ1n) is 2.70. The summed E-state index contributed by atoms with van der Waals surface area (Å²) in [6, 6.07) is 1.94. The summed E-state index contributed by atoms with van der Waals surface area (Å²) < 4.78 is 12.6. The second-order valence-electron chi connectivity index (χ2n) is 2.37. The molecular weight excluding hydrogens is 137 g/mol. The first-order valence-corrected chi connectivity index (χ1v) is 3.85. The Bertz CT molecular complexity index is 111. The summed E-state index contributed by atoms with van der Waals surface area (Å²) in [7, 11) is 0. The lowest BCUT2D eigenvalue weighted by Gasteiger charge is -2.10. The summed E-state index contributed by atoms with van der Waals surface area (Å²) in [4.78, 5) is 0. The number of thioether (sulfide) groups is 1. The first kappa shape index (κ1) is 8.77. The van der Waals surface area contributed by atoms with Gasteiger partial charge in [0, 0.05) is 5.75 Å². The van der Waals surface area contributed by atoms with E-state index in [0.717, 1.165) is 0 Å². The molecule has 0 spiro atoms. The highest BCUT2D eigenvalue weighted by atomic mass is 32.2. The van der Waals surface area contributed by atoms with Crippen LogP contribution < -0.4 is 0 Å². The monoisotopic (exact) mass is 147 g/mol. The fourth-order valence-corrected chi connectivity index (χ4v) is 1.02. The lowest BCUT2D eigenvalue weighted by Crippen LogP contribution is -2.15. The zero-order chi connectivity index (χ0) is 7.33. The second-order valence-corrected chi connectivity index (χ2v) is 3.36. The molecule has 9 heavy (non-hydrogen) atoms. The van der Waals surface area contributed by atoms with Gasteiger partial charge in [-0.05, 0) is 13.8 Å². The molecule has 0 atom stereocenters. The first-order chi connectivity index (χ1) is 4.06. The number of hydrogen-bond acceptors (Lipinski definition) is 2. The van der Waals surface area contributed by atoms with E-state index in [-0.39, 0.29) is 0 Å². The SMILES string of the molecule is CC(C)(F)CSCC#N. The van der Waals surface area contributed by atoms with Gasteiger partial charge in [-0.3, -0.25) is 0 Å². The van der Waals surface area contributed by atoms with E-state index in [1.165, 1.54) is 25.6 Å². The van der Waals surface area contributed by atoms with Crippen LogP contribution in [0.25, 0.3) is 0 Å². The van der Waals surface area contributed by atoms with Crippen LogP contribution in [0.5, 0.6) is 0 Å². The van der Waals surface area contributed by atoms with Crippen molar-refractivity contribution in [1.82, 2.24) is 0 Å². The van der Waals surface area contributed by atoms with Crippen LogP contribution in [0.3, 0.4) is 0 Å². The van der Waals surface area contributed by atoms with Crippen molar-refractivity contribution in [1.29, 1.82) is 5.26 Å². The van der Waals surface area contributed by atoms with Gasteiger partial charge in [-0.15, -0.1) is 11.8 Å². The topological polar surface area (TPSA) is 23.8 Å². The molecule has 1 nitrogen and oxygen atoms in total. The van der Waals surface area contributed by atoms with Gasteiger partial charge in [0.25, 0.3) is 0 Å². The standard InChI is InChI=1S/C6H10FNS/c1-6(2,7)5-9-4-3-8/h4-5H2,1-2H3. The summed E-state index contributed by atoms with van der Waals surface area (Å²) in [5.41, 5.74) is -1.14. The van der Waals surface area contributed by atoms with Gasteiger partial charge in [0.15, 0.2) is 0 Å². The fraction of sp³-hybridized carbons (Fsp3) is 0.833. The van der Waals surface area contributed by atoms with Gasteiger partial charge in [-0.25, -0.2) is 4.39 Å². The highest BCUT2D eigenvalue weighted by Crippen LogP contribution is 2.15. The lowest BCUT2D eigenvalue weighted by molar-refractivity contribution is 0.253. The van der Waals surface area contributed by atoms with E-state index in [1.54, 1.807) is 0 Å². The molecule has 0 saturated heterocycles. The maximum absolute atomic E-state index is 12.6. The van der Waals surface area contributed by atoms with E-state index in [0.29, 0.717) is 11.5 Å². The molecule has 0 aliphatic rings. The number of hydrogen-bond donors (Lipinski definition) is 0. The molecule has 0 unspecified atom stereocenters. The Balaban J connectivity index is 3.20. The van der Waals surface area contributed by atoms with Crippen molar-refractivity contribution in [3.63, 3.8) is 0 Å². The van der Waals surface area contributed by atoms with E-state index in [9.17, 15) is 4.39 Å². The van der Waals surface area contributed by atoms with Gasteiger partial charge in [0.2, 0.25) is 0 Å². The third-order valence-electron chi connectivity index (χ3n) is 0.612. The summed E-state index contributed by atoms with van der Waals surface area (Å²) in [6.07, 6.45) is 0. The normalized spacial score (nSPS) is 10.9. The molecule has 0 saturated carbocycles. The maximum atomic E-state index is 12.6. The van der Waals surface area contributed by atoms with Crippen molar-refractivity contribution in [3.8, 4) is 6.07 Å².